The van der Waals surface area contributed by atoms with Gasteiger partial charge in [0.15, 0.2) is 0 Å². The minimum atomic E-state index is -1.11. The molecule has 0 amide bonds. The molecule has 0 unspecified atom stereocenters. The maximum absolute atomic E-state index is 10.9. The zero-order valence-electron chi connectivity index (χ0n) is 7.76. The summed E-state index contributed by atoms with van der Waals surface area (Å²) >= 11 is 11.7. The van der Waals surface area contributed by atoms with Crippen LogP contribution >= 0.6 is 23.2 Å². The molecule has 0 bridgehead atoms. The summed E-state index contributed by atoms with van der Waals surface area (Å²) in [5, 5.41) is 16.6. The maximum Gasteiger partial charge on any atom is 0.337 e. The summed E-state index contributed by atoms with van der Waals surface area (Å²) < 4.78 is 1.51. The number of hydrogen-bond acceptors (Lipinski definition) is 3. The lowest BCUT2D eigenvalue weighted by Gasteiger charge is -2.07. The summed E-state index contributed by atoms with van der Waals surface area (Å²) in [5.74, 6) is -1.11. The van der Waals surface area contributed by atoms with E-state index in [1.54, 1.807) is 0 Å². The van der Waals surface area contributed by atoms with Crippen LogP contribution in [-0.4, -0.2) is 25.8 Å². The average molecular weight is 258 g/mol. The van der Waals surface area contributed by atoms with Gasteiger partial charge in [-0.25, -0.2) is 4.79 Å². The third kappa shape index (κ3) is 1.87. The first kappa shape index (κ1) is 10.9. The molecule has 82 valence electrons. The van der Waals surface area contributed by atoms with E-state index in [4.69, 9.17) is 28.3 Å². The summed E-state index contributed by atoms with van der Waals surface area (Å²) in [5.41, 5.74) is 0.447. The highest BCUT2D eigenvalue weighted by Crippen LogP contribution is 2.27. The lowest BCUT2D eigenvalue weighted by Crippen LogP contribution is -2.01. The molecule has 0 saturated heterocycles. The van der Waals surface area contributed by atoms with Crippen LogP contribution < -0.4 is 0 Å². The minimum absolute atomic E-state index is 0.0187. The van der Waals surface area contributed by atoms with Crippen LogP contribution in [0.1, 0.15) is 10.4 Å². The second-order valence-electron chi connectivity index (χ2n) is 2.96. The molecule has 0 aliphatic heterocycles. The summed E-state index contributed by atoms with van der Waals surface area (Å²) in [4.78, 5) is 10.9. The molecule has 0 fully saturated rings. The molecule has 0 radical (unpaired) electrons. The number of carboxylic acids is 1. The molecule has 1 heterocycles. The van der Waals surface area contributed by atoms with Crippen LogP contribution in [0, 0.1) is 0 Å². The molecule has 0 atom stereocenters. The van der Waals surface area contributed by atoms with Crippen molar-refractivity contribution in [3.8, 4) is 5.69 Å². The van der Waals surface area contributed by atoms with Crippen molar-refractivity contribution < 1.29 is 9.90 Å². The Kier molecular flexibility index (Phi) is 2.80. The van der Waals surface area contributed by atoms with E-state index in [9.17, 15) is 4.79 Å². The molecule has 0 spiro atoms. The van der Waals surface area contributed by atoms with E-state index < -0.39 is 5.97 Å². The highest BCUT2D eigenvalue weighted by atomic mass is 35.5. The number of hydrogen-bond donors (Lipinski definition) is 1. The van der Waals surface area contributed by atoms with Crippen molar-refractivity contribution in [2.24, 2.45) is 0 Å². The third-order valence-corrected chi connectivity index (χ3v) is 2.58. The molecule has 2 rings (SSSR count). The first-order chi connectivity index (χ1) is 7.59. The molecule has 0 aliphatic rings. The summed E-state index contributed by atoms with van der Waals surface area (Å²) in [7, 11) is 0. The summed E-state index contributed by atoms with van der Waals surface area (Å²) in [6.45, 7) is 0. The van der Waals surface area contributed by atoms with Gasteiger partial charge in [-0.3, -0.25) is 4.57 Å². The fraction of sp³-hybridized carbons (Fsp3) is 0. The van der Waals surface area contributed by atoms with Crippen LogP contribution in [0.2, 0.25) is 10.0 Å². The van der Waals surface area contributed by atoms with Gasteiger partial charge in [-0.15, -0.1) is 10.2 Å². The minimum Gasteiger partial charge on any atom is -0.478 e. The predicted octanol–water partition coefficient (Wildman–Crippen LogP) is 2.27. The maximum atomic E-state index is 10.9. The molecule has 16 heavy (non-hydrogen) atoms. The fourth-order valence-corrected chi connectivity index (χ4v) is 1.79. The van der Waals surface area contributed by atoms with Crippen molar-refractivity contribution in [3.05, 3.63) is 40.4 Å². The van der Waals surface area contributed by atoms with Gasteiger partial charge in [0.2, 0.25) is 0 Å². The van der Waals surface area contributed by atoms with Gasteiger partial charge < -0.3 is 5.11 Å². The molecule has 1 N–H and O–H groups in total. The standard InChI is InChI=1S/C9H5Cl2N3O2/c10-6-2-7(11)8(1-5(6)9(15)16)14-3-12-13-4-14/h1-4H,(H,15,16). The monoisotopic (exact) mass is 257 g/mol. The smallest absolute Gasteiger partial charge is 0.337 e. The van der Waals surface area contributed by atoms with E-state index in [0.29, 0.717) is 10.7 Å². The van der Waals surface area contributed by atoms with Gasteiger partial charge in [0.25, 0.3) is 0 Å². The largest absolute Gasteiger partial charge is 0.478 e. The number of nitrogens with zero attached hydrogens (tertiary/aromatic N) is 3. The Balaban J connectivity index is 2.63. The zero-order valence-corrected chi connectivity index (χ0v) is 9.27. The normalized spacial score (nSPS) is 10.4. The molecule has 7 heteroatoms. The highest BCUT2D eigenvalue weighted by Gasteiger charge is 2.13. The molecular weight excluding hydrogens is 253 g/mol. The number of carbonyl (C=O) groups is 1. The van der Waals surface area contributed by atoms with Crippen LogP contribution in [0.4, 0.5) is 0 Å². The first-order valence-corrected chi connectivity index (χ1v) is 4.92. The fourth-order valence-electron chi connectivity index (χ4n) is 1.22. The summed E-state index contributed by atoms with van der Waals surface area (Å²) in [6, 6.07) is 2.75. The van der Waals surface area contributed by atoms with E-state index in [1.807, 2.05) is 0 Å². The van der Waals surface area contributed by atoms with Gasteiger partial charge >= 0.3 is 5.97 Å². The van der Waals surface area contributed by atoms with Gasteiger partial charge in [-0.2, -0.15) is 0 Å². The van der Waals surface area contributed by atoms with Gasteiger partial charge in [-0.05, 0) is 12.1 Å². The van der Waals surface area contributed by atoms with Crippen LogP contribution in [-0.2, 0) is 0 Å². The summed E-state index contributed by atoms with van der Waals surface area (Å²) in [6.07, 6.45) is 2.83. The van der Waals surface area contributed by atoms with Crippen molar-refractivity contribution in [1.29, 1.82) is 0 Å². The average Bonchev–Trinajstić information content (AvgIpc) is 2.70. The molecule has 2 aromatic rings. The van der Waals surface area contributed by atoms with Crippen LogP contribution in [0.5, 0.6) is 0 Å². The lowest BCUT2D eigenvalue weighted by molar-refractivity contribution is 0.0697. The van der Waals surface area contributed by atoms with Crippen LogP contribution in [0.25, 0.3) is 5.69 Å². The SMILES string of the molecule is O=C(O)c1cc(-n2cnnc2)c(Cl)cc1Cl. The molecule has 1 aromatic heterocycles. The molecule has 1 aromatic carbocycles. The Labute approximate surface area is 100 Å². The zero-order chi connectivity index (χ0) is 11.7. The van der Waals surface area contributed by atoms with E-state index in [2.05, 4.69) is 10.2 Å². The van der Waals surface area contributed by atoms with E-state index in [1.165, 1.54) is 29.4 Å². The second kappa shape index (κ2) is 4.11. The van der Waals surface area contributed by atoms with Gasteiger partial charge in [-0.1, -0.05) is 23.2 Å². The van der Waals surface area contributed by atoms with Gasteiger partial charge in [0.1, 0.15) is 12.7 Å². The Morgan fingerprint density at radius 2 is 1.81 bits per heavy atom. The molecule has 5 nitrogen and oxygen atoms in total. The number of aromatic nitrogens is 3. The van der Waals surface area contributed by atoms with Crippen molar-refractivity contribution in [2.45, 2.75) is 0 Å². The second-order valence-corrected chi connectivity index (χ2v) is 3.77. The number of aromatic carboxylic acids is 1. The van der Waals surface area contributed by atoms with Gasteiger partial charge in [0.05, 0.1) is 21.3 Å². The van der Waals surface area contributed by atoms with E-state index in [0.717, 1.165) is 0 Å². The van der Waals surface area contributed by atoms with Crippen molar-refractivity contribution in [3.63, 3.8) is 0 Å². The predicted molar refractivity (Wildman–Crippen MR) is 58.3 cm³/mol. The van der Waals surface area contributed by atoms with Gasteiger partial charge in [0, 0.05) is 0 Å². The van der Waals surface area contributed by atoms with Crippen molar-refractivity contribution in [2.75, 3.05) is 0 Å². The number of carboxylic acid groups (broad SMARTS) is 1. The van der Waals surface area contributed by atoms with Crippen LogP contribution in [0.15, 0.2) is 24.8 Å². The Hall–Kier alpha value is -1.59. The molecule has 0 aliphatic carbocycles. The van der Waals surface area contributed by atoms with Crippen molar-refractivity contribution >= 4 is 29.2 Å². The lowest BCUT2D eigenvalue weighted by atomic mass is 10.2. The number of benzene rings is 1. The van der Waals surface area contributed by atoms with Crippen molar-refractivity contribution in [1.82, 2.24) is 14.8 Å². The highest BCUT2D eigenvalue weighted by molar-refractivity contribution is 6.37. The Morgan fingerprint density at radius 1 is 1.19 bits per heavy atom. The topological polar surface area (TPSA) is 68.0 Å². The quantitative estimate of drug-likeness (QED) is 0.897. The third-order valence-electron chi connectivity index (χ3n) is 1.96. The van der Waals surface area contributed by atoms with Crippen LogP contribution in [0.3, 0.4) is 0 Å². The number of halogens is 2. The molecular formula is C9H5Cl2N3O2. The Bertz CT molecular complexity index is 540. The number of rotatable bonds is 2. The van der Waals surface area contributed by atoms with E-state index >= 15 is 0 Å². The first-order valence-electron chi connectivity index (χ1n) is 4.17. The molecule has 0 saturated carbocycles. The Morgan fingerprint density at radius 3 is 2.38 bits per heavy atom. The van der Waals surface area contributed by atoms with E-state index in [-0.39, 0.29) is 10.6 Å².